The summed E-state index contributed by atoms with van der Waals surface area (Å²) < 4.78 is 28.9. The third-order valence-corrected chi connectivity index (χ3v) is 6.09. The van der Waals surface area contributed by atoms with Crippen molar-refractivity contribution in [3.63, 3.8) is 0 Å². The Bertz CT molecular complexity index is 1200. The largest absolute Gasteiger partial charge is 0.497 e. The zero-order valence-corrected chi connectivity index (χ0v) is 20.8. The average molecular weight is 520 g/mol. The minimum atomic E-state index is -1.49. The van der Waals surface area contributed by atoms with Crippen LogP contribution in [0.4, 0.5) is 0 Å². The van der Waals surface area contributed by atoms with Gasteiger partial charge in [-0.2, -0.15) is 0 Å². The highest BCUT2D eigenvalue weighted by Crippen LogP contribution is 2.29. The molecule has 1 aliphatic heterocycles. The summed E-state index contributed by atoms with van der Waals surface area (Å²) in [5.74, 6) is 0.160. The lowest BCUT2D eigenvalue weighted by Gasteiger charge is -2.43. The summed E-state index contributed by atoms with van der Waals surface area (Å²) in [6.07, 6.45) is -4.13. The molecule has 1 heterocycles. The minimum Gasteiger partial charge on any atom is -0.497 e. The molecule has 1 aliphatic rings. The predicted molar refractivity (Wildman–Crippen MR) is 137 cm³/mol. The van der Waals surface area contributed by atoms with Gasteiger partial charge in [0.25, 0.3) is 0 Å². The Morgan fingerprint density at radius 1 is 0.921 bits per heavy atom. The number of nitrogens with zero attached hydrogens (tertiary/aromatic N) is 3. The van der Waals surface area contributed by atoms with Gasteiger partial charge in [-0.3, -0.25) is 0 Å². The second-order valence-corrected chi connectivity index (χ2v) is 8.61. The quantitative estimate of drug-likeness (QED) is 0.172. The maximum Gasteiger partial charge on any atom is 0.338 e. The van der Waals surface area contributed by atoms with Crippen molar-refractivity contribution in [2.24, 2.45) is 5.11 Å². The van der Waals surface area contributed by atoms with Crippen molar-refractivity contribution in [2.45, 2.75) is 43.9 Å². The second kappa shape index (κ2) is 13.6. The second-order valence-electron chi connectivity index (χ2n) is 8.61. The number of hydrogen-bond donors (Lipinski definition) is 1. The van der Waals surface area contributed by atoms with Gasteiger partial charge in [0, 0.05) is 4.91 Å². The highest BCUT2D eigenvalue weighted by Gasteiger charge is 2.47. The number of rotatable bonds is 11. The van der Waals surface area contributed by atoms with Crippen LogP contribution in [0.25, 0.3) is 10.4 Å². The Kier molecular flexibility index (Phi) is 9.69. The molecule has 38 heavy (non-hydrogen) atoms. The molecule has 0 spiro atoms. The van der Waals surface area contributed by atoms with Crippen LogP contribution in [0.15, 0.2) is 90.0 Å². The molecule has 10 heteroatoms. The van der Waals surface area contributed by atoms with Crippen molar-refractivity contribution in [1.29, 1.82) is 0 Å². The molecule has 1 saturated heterocycles. The fourth-order valence-electron chi connectivity index (χ4n) is 4.11. The Labute approximate surface area is 220 Å². The van der Waals surface area contributed by atoms with E-state index in [9.17, 15) is 9.90 Å². The zero-order chi connectivity index (χ0) is 26.7. The molecule has 1 fully saturated rings. The first-order valence-corrected chi connectivity index (χ1v) is 12.1. The number of aliphatic hydroxyl groups excluding tert-OH is 1. The predicted octanol–water partition coefficient (Wildman–Crippen LogP) is 4.42. The van der Waals surface area contributed by atoms with Crippen LogP contribution in [-0.2, 0) is 32.2 Å². The van der Waals surface area contributed by atoms with Gasteiger partial charge in [0.1, 0.15) is 36.7 Å². The number of azide groups is 1. The number of carbonyl (C=O) groups excluding carboxylic acids is 1. The van der Waals surface area contributed by atoms with E-state index < -0.39 is 36.6 Å². The van der Waals surface area contributed by atoms with Crippen LogP contribution in [0.2, 0.25) is 0 Å². The highest BCUT2D eigenvalue weighted by atomic mass is 16.7. The van der Waals surface area contributed by atoms with Gasteiger partial charge in [0.15, 0.2) is 6.29 Å². The number of aliphatic hydroxyl groups is 1. The van der Waals surface area contributed by atoms with Crippen LogP contribution in [0.1, 0.15) is 21.5 Å². The van der Waals surface area contributed by atoms with Gasteiger partial charge < -0.3 is 28.8 Å². The molecule has 198 valence electrons. The van der Waals surface area contributed by atoms with Crippen molar-refractivity contribution in [2.75, 3.05) is 13.7 Å². The number of benzene rings is 3. The summed E-state index contributed by atoms with van der Waals surface area (Å²) in [6.45, 7) is 0.117. The van der Waals surface area contributed by atoms with Crippen LogP contribution >= 0.6 is 0 Å². The molecule has 3 aromatic carbocycles. The molecule has 0 aliphatic carbocycles. The monoisotopic (exact) mass is 519 g/mol. The lowest BCUT2D eigenvalue weighted by Crippen LogP contribution is -2.59. The third kappa shape index (κ3) is 7.10. The molecule has 0 bridgehead atoms. The van der Waals surface area contributed by atoms with Crippen LogP contribution in [0, 0.1) is 0 Å². The fourth-order valence-corrected chi connectivity index (χ4v) is 4.11. The molecule has 5 atom stereocenters. The third-order valence-electron chi connectivity index (χ3n) is 6.09. The van der Waals surface area contributed by atoms with Crippen molar-refractivity contribution in [3.05, 3.63) is 112 Å². The molecule has 0 saturated carbocycles. The van der Waals surface area contributed by atoms with Gasteiger partial charge in [-0.15, -0.1) is 0 Å². The summed E-state index contributed by atoms with van der Waals surface area (Å²) in [4.78, 5) is 15.5. The summed E-state index contributed by atoms with van der Waals surface area (Å²) in [5.41, 5.74) is 11.3. The number of hydrogen-bond acceptors (Lipinski definition) is 8. The molecule has 1 N–H and O–H groups in total. The summed E-state index contributed by atoms with van der Waals surface area (Å²) >= 11 is 0. The van der Waals surface area contributed by atoms with Gasteiger partial charge in [0.05, 0.1) is 25.9 Å². The Morgan fingerprint density at radius 3 is 2.16 bits per heavy atom. The summed E-state index contributed by atoms with van der Waals surface area (Å²) in [7, 11) is 1.59. The molecule has 10 nitrogen and oxygen atoms in total. The van der Waals surface area contributed by atoms with E-state index in [-0.39, 0.29) is 19.8 Å². The highest BCUT2D eigenvalue weighted by molar-refractivity contribution is 5.89. The van der Waals surface area contributed by atoms with Gasteiger partial charge in [0.2, 0.25) is 0 Å². The Hall–Kier alpha value is -3.92. The van der Waals surface area contributed by atoms with Crippen LogP contribution in [-0.4, -0.2) is 55.4 Å². The van der Waals surface area contributed by atoms with Crippen molar-refractivity contribution >= 4 is 5.97 Å². The van der Waals surface area contributed by atoms with Crippen molar-refractivity contribution < 1.29 is 33.6 Å². The Morgan fingerprint density at radius 2 is 1.53 bits per heavy atom. The first kappa shape index (κ1) is 27.1. The van der Waals surface area contributed by atoms with E-state index in [1.165, 1.54) is 0 Å². The van der Waals surface area contributed by atoms with E-state index in [0.29, 0.717) is 11.3 Å². The SMILES string of the molecule is COc1ccc(CO[C@H]2[C@H](OCc3ccccc3)[C@@H](N=[N+]=[N-])C(O)O[C@@H]2COC(=O)c2ccccc2)cc1. The van der Waals surface area contributed by atoms with Gasteiger partial charge in [-0.1, -0.05) is 65.8 Å². The molecular formula is C28H29N3O7. The number of methoxy groups -OCH3 is 1. The topological polar surface area (TPSA) is 132 Å². The van der Waals surface area contributed by atoms with E-state index in [4.69, 9.17) is 29.2 Å². The lowest BCUT2D eigenvalue weighted by atomic mass is 9.96. The maximum absolute atomic E-state index is 12.6. The maximum atomic E-state index is 12.6. The average Bonchev–Trinajstić information content (AvgIpc) is 2.96. The summed E-state index contributed by atoms with van der Waals surface area (Å²) in [6, 6.07) is 24.2. The van der Waals surface area contributed by atoms with Crippen molar-refractivity contribution in [1.82, 2.24) is 0 Å². The number of ether oxygens (including phenoxy) is 5. The Balaban J connectivity index is 1.56. The van der Waals surface area contributed by atoms with Crippen LogP contribution in [0.5, 0.6) is 5.75 Å². The van der Waals surface area contributed by atoms with E-state index in [1.54, 1.807) is 37.4 Å². The summed E-state index contributed by atoms with van der Waals surface area (Å²) in [5, 5.41) is 14.4. The fraction of sp³-hybridized carbons (Fsp3) is 0.321. The molecule has 0 amide bonds. The van der Waals surface area contributed by atoms with Crippen LogP contribution in [0.3, 0.4) is 0 Å². The van der Waals surface area contributed by atoms with E-state index in [0.717, 1.165) is 11.1 Å². The van der Waals surface area contributed by atoms with E-state index in [2.05, 4.69) is 10.0 Å². The van der Waals surface area contributed by atoms with Gasteiger partial charge >= 0.3 is 5.97 Å². The normalized spacial score (nSPS) is 22.7. The first-order valence-electron chi connectivity index (χ1n) is 12.1. The van der Waals surface area contributed by atoms with Gasteiger partial charge in [-0.05, 0) is 40.9 Å². The smallest absolute Gasteiger partial charge is 0.338 e. The standard InChI is InChI=1S/C28H29N3O7/c1-34-22-14-12-20(13-15-22)17-35-25-23(18-37-27(32)21-10-6-3-7-11-21)38-28(33)24(30-31-29)26(25)36-16-19-8-4-2-5-9-19/h2-15,23-26,28,33H,16-18H2,1H3/t23-,24-,25-,26-,28?/m1/s1. The molecular weight excluding hydrogens is 490 g/mol. The lowest BCUT2D eigenvalue weighted by molar-refractivity contribution is -0.270. The molecule has 3 aromatic rings. The molecule has 1 unspecified atom stereocenters. The molecule has 0 aromatic heterocycles. The van der Waals surface area contributed by atoms with Crippen molar-refractivity contribution in [3.8, 4) is 5.75 Å². The minimum absolute atomic E-state index is 0.158. The van der Waals surface area contributed by atoms with Crippen LogP contribution < -0.4 is 4.74 Å². The first-order chi connectivity index (χ1) is 18.6. The molecule has 4 rings (SSSR count). The van der Waals surface area contributed by atoms with E-state index >= 15 is 0 Å². The van der Waals surface area contributed by atoms with E-state index in [1.807, 2.05) is 54.6 Å². The number of carbonyl (C=O) groups is 1. The van der Waals surface area contributed by atoms with Gasteiger partial charge in [-0.25, -0.2) is 4.79 Å². The molecule has 0 radical (unpaired) electrons. The number of esters is 1. The zero-order valence-electron chi connectivity index (χ0n) is 20.8.